The number of hydrogen-bond acceptors (Lipinski definition) is 6. The van der Waals surface area contributed by atoms with Crippen LogP contribution in [0.25, 0.3) is 31.9 Å². The maximum Gasteiger partial charge on any atom is 0.271 e. The number of ether oxygens (including phenoxy) is 1. The average molecular weight is 478 g/mol. The van der Waals surface area contributed by atoms with Crippen molar-refractivity contribution >= 4 is 43.4 Å². The molecular weight excluding hydrogens is 458 g/mol. The molecule has 0 saturated heterocycles. The quantitative estimate of drug-likeness (QED) is 0.327. The van der Waals surface area contributed by atoms with Gasteiger partial charge in [-0.3, -0.25) is 9.36 Å². The zero-order valence-corrected chi connectivity index (χ0v) is 19.7. The van der Waals surface area contributed by atoms with Crippen LogP contribution in [0.1, 0.15) is 30.5 Å². The summed E-state index contributed by atoms with van der Waals surface area (Å²) in [7, 11) is 0. The van der Waals surface area contributed by atoms with Crippen LogP contribution in [-0.2, 0) is 24.3 Å². The molecule has 0 atom stereocenters. The molecule has 0 N–H and O–H groups in total. The van der Waals surface area contributed by atoms with Crippen LogP contribution in [0.4, 0.5) is 0 Å². The van der Waals surface area contributed by atoms with Gasteiger partial charge >= 0.3 is 0 Å². The molecule has 1 aliphatic rings. The number of thiophene rings is 1. The van der Waals surface area contributed by atoms with Crippen molar-refractivity contribution in [1.29, 1.82) is 0 Å². The maximum atomic E-state index is 13.4. The van der Waals surface area contributed by atoms with E-state index in [9.17, 15) is 4.79 Å². The first-order valence-electron chi connectivity index (χ1n) is 10.7. The predicted molar refractivity (Wildman–Crippen MR) is 130 cm³/mol. The van der Waals surface area contributed by atoms with Crippen molar-refractivity contribution in [1.82, 2.24) is 14.5 Å². The predicted octanol–water partition coefficient (Wildman–Crippen LogP) is 5.82. The second-order valence-corrected chi connectivity index (χ2v) is 10.3. The first-order valence-corrected chi connectivity index (χ1v) is 11.9. The van der Waals surface area contributed by atoms with Gasteiger partial charge in [0.1, 0.15) is 15.2 Å². The molecule has 0 aliphatic carbocycles. The summed E-state index contributed by atoms with van der Waals surface area (Å²) >= 11 is 7.70. The topological polar surface area (TPSA) is 70.2 Å². The molecule has 6 rings (SSSR count). The summed E-state index contributed by atoms with van der Waals surface area (Å²) in [5.41, 5.74) is 4.04. The number of aromatic nitrogens is 3. The molecule has 166 valence electrons. The SMILES string of the molecule is CC1(C)Cc2c(c(-c3ccco3)nc3sc4c(=O)n(Cc5ccccc5Cl)cnc4c23)CO1. The fraction of sp³-hybridized carbons (Fsp3) is 0.240. The van der Waals surface area contributed by atoms with E-state index in [2.05, 4.69) is 13.8 Å². The Morgan fingerprint density at radius 2 is 2.03 bits per heavy atom. The van der Waals surface area contributed by atoms with E-state index in [0.29, 0.717) is 40.6 Å². The summed E-state index contributed by atoms with van der Waals surface area (Å²) in [6.07, 6.45) is 3.95. The highest BCUT2D eigenvalue weighted by Crippen LogP contribution is 2.42. The highest BCUT2D eigenvalue weighted by molar-refractivity contribution is 7.25. The molecule has 5 heterocycles. The van der Waals surface area contributed by atoms with Crippen molar-refractivity contribution in [2.24, 2.45) is 0 Å². The molecule has 0 saturated carbocycles. The normalized spacial score (nSPS) is 15.2. The zero-order chi connectivity index (χ0) is 22.7. The molecule has 33 heavy (non-hydrogen) atoms. The minimum Gasteiger partial charge on any atom is -0.463 e. The van der Waals surface area contributed by atoms with Gasteiger partial charge in [0, 0.05) is 22.4 Å². The molecule has 0 amide bonds. The van der Waals surface area contributed by atoms with Gasteiger partial charge in [-0.2, -0.15) is 0 Å². The summed E-state index contributed by atoms with van der Waals surface area (Å²) < 4.78 is 14.0. The van der Waals surface area contributed by atoms with Crippen LogP contribution in [-0.4, -0.2) is 20.1 Å². The second kappa shape index (κ2) is 7.52. The third-order valence-corrected chi connectivity index (χ3v) is 7.50. The van der Waals surface area contributed by atoms with Gasteiger partial charge in [0.25, 0.3) is 5.56 Å². The fourth-order valence-corrected chi connectivity index (χ4v) is 5.74. The van der Waals surface area contributed by atoms with E-state index in [0.717, 1.165) is 32.6 Å². The first-order chi connectivity index (χ1) is 15.9. The Morgan fingerprint density at radius 1 is 1.18 bits per heavy atom. The van der Waals surface area contributed by atoms with Gasteiger partial charge in [0.15, 0.2) is 5.76 Å². The molecule has 5 aromatic rings. The van der Waals surface area contributed by atoms with Crippen LogP contribution in [0.5, 0.6) is 0 Å². The highest BCUT2D eigenvalue weighted by Gasteiger charge is 2.32. The minimum atomic E-state index is -0.324. The Morgan fingerprint density at radius 3 is 2.82 bits per heavy atom. The molecule has 0 spiro atoms. The second-order valence-electron chi connectivity index (χ2n) is 8.85. The highest BCUT2D eigenvalue weighted by atomic mass is 35.5. The van der Waals surface area contributed by atoms with Crippen LogP contribution >= 0.6 is 22.9 Å². The van der Waals surface area contributed by atoms with Gasteiger partial charge in [0.2, 0.25) is 0 Å². The Balaban J connectivity index is 1.60. The van der Waals surface area contributed by atoms with E-state index in [-0.39, 0.29) is 11.2 Å². The van der Waals surface area contributed by atoms with Gasteiger partial charge in [-0.05, 0) is 43.2 Å². The third-order valence-electron chi connectivity index (χ3n) is 6.07. The van der Waals surface area contributed by atoms with Gasteiger partial charge in [-0.1, -0.05) is 29.8 Å². The molecule has 1 aromatic carbocycles. The number of halogens is 1. The number of benzene rings is 1. The Labute approximate surface area is 198 Å². The van der Waals surface area contributed by atoms with Gasteiger partial charge < -0.3 is 9.15 Å². The van der Waals surface area contributed by atoms with Crippen molar-refractivity contribution in [2.75, 3.05) is 0 Å². The summed E-state index contributed by atoms with van der Waals surface area (Å²) in [5.74, 6) is 0.693. The molecule has 1 aliphatic heterocycles. The van der Waals surface area contributed by atoms with E-state index in [1.165, 1.54) is 11.3 Å². The van der Waals surface area contributed by atoms with Crippen molar-refractivity contribution in [2.45, 2.75) is 39.0 Å². The Hall–Kier alpha value is -3.00. The summed E-state index contributed by atoms with van der Waals surface area (Å²) in [5, 5.41) is 1.57. The maximum absolute atomic E-state index is 13.4. The minimum absolute atomic E-state index is 0.0949. The molecule has 0 bridgehead atoms. The lowest BCUT2D eigenvalue weighted by Gasteiger charge is -2.32. The molecule has 0 fully saturated rings. The van der Waals surface area contributed by atoms with Crippen molar-refractivity contribution in [3.05, 3.63) is 81.1 Å². The summed E-state index contributed by atoms with van der Waals surface area (Å²) in [4.78, 5) is 23.9. The molecule has 0 unspecified atom stereocenters. The van der Waals surface area contributed by atoms with Crippen molar-refractivity contribution in [3.63, 3.8) is 0 Å². The molecule has 8 heteroatoms. The van der Waals surface area contributed by atoms with Crippen molar-refractivity contribution in [3.8, 4) is 11.5 Å². The number of pyridine rings is 1. The number of nitrogens with zero attached hydrogens (tertiary/aromatic N) is 3. The summed E-state index contributed by atoms with van der Waals surface area (Å²) in [6, 6.07) is 11.3. The van der Waals surface area contributed by atoms with E-state index in [4.69, 9.17) is 30.7 Å². The lowest BCUT2D eigenvalue weighted by molar-refractivity contribution is -0.0395. The molecule has 6 nitrogen and oxygen atoms in total. The number of rotatable bonds is 3. The van der Waals surface area contributed by atoms with Crippen LogP contribution in [0.3, 0.4) is 0 Å². The molecule has 4 aromatic heterocycles. The smallest absolute Gasteiger partial charge is 0.271 e. The van der Waals surface area contributed by atoms with Gasteiger partial charge in [-0.25, -0.2) is 9.97 Å². The van der Waals surface area contributed by atoms with E-state index >= 15 is 0 Å². The van der Waals surface area contributed by atoms with E-state index in [1.807, 2.05) is 36.4 Å². The number of furan rings is 1. The number of hydrogen-bond donors (Lipinski definition) is 0. The molecular formula is C25H20ClN3O3S. The first kappa shape index (κ1) is 20.6. The Bertz CT molecular complexity index is 1580. The van der Waals surface area contributed by atoms with E-state index < -0.39 is 0 Å². The largest absolute Gasteiger partial charge is 0.463 e. The monoisotopic (exact) mass is 477 g/mol. The summed E-state index contributed by atoms with van der Waals surface area (Å²) in [6.45, 7) is 4.95. The fourth-order valence-electron chi connectivity index (χ4n) is 4.44. The van der Waals surface area contributed by atoms with Crippen LogP contribution < -0.4 is 5.56 Å². The Kier molecular flexibility index (Phi) is 4.69. The lowest BCUT2D eigenvalue weighted by atomic mass is 9.89. The van der Waals surface area contributed by atoms with Crippen molar-refractivity contribution < 1.29 is 9.15 Å². The standard InChI is InChI=1S/C25H20ClN3O3S/c1-25(2)10-15-16(12-32-25)20(18-8-5-9-31-18)28-23-19(15)21-22(33-23)24(30)29(13-27-21)11-14-6-3-4-7-17(14)26/h3-9,13H,10-12H2,1-2H3. The average Bonchev–Trinajstić information content (AvgIpc) is 3.44. The third kappa shape index (κ3) is 3.39. The van der Waals surface area contributed by atoms with E-state index in [1.54, 1.807) is 17.2 Å². The molecule has 0 radical (unpaired) electrons. The van der Waals surface area contributed by atoms with Gasteiger partial charge in [-0.15, -0.1) is 11.3 Å². The van der Waals surface area contributed by atoms with Crippen LogP contribution in [0.15, 0.2) is 58.2 Å². The van der Waals surface area contributed by atoms with Gasteiger partial charge in [0.05, 0.1) is 36.9 Å². The lowest BCUT2D eigenvalue weighted by Crippen LogP contribution is -2.32. The number of fused-ring (bicyclic) bond motifs is 5. The van der Waals surface area contributed by atoms with Crippen LogP contribution in [0, 0.1) is 0 Å². The van der Waals surface area contributed by atoms with Crippen LogP contribution in [0.2, 0.25) is 5.02 Å². The zero-order valence-electron chi connectivity index (χ0n) is 18.1.